The molecule has 1 heterocycles. The van der Waals surface area contributed by atoms with E-state index in [0.717, 1.165) is 43.9 Å². The van der Waals surface area contributed by atoms with E-state index in [0.29, 0.717) is 6.10 Å². The molecule has 2 rings (SSSR count). The third-order valence-electron chi connectivity index (χ3n) is 3.43. The average Bonchev–Trinajstić information content (AvgIpc) is 2.52. The van der Waals surface area contributed by atoms with Crippen LogP contribution in [-0.4, -0.2) is 33.4 Å². The first-order valence-corrected chi connectivity index (χ1v) is 7.05. The summed E-state index contributed by atoms with van der Waals surface area (Å²) in [6, 6.07) is 6.05. The van der Waals surface area contributed by atoms with E-state index in [1.165, 1.54) is 5.56 Å². The second kappa shape index (κ2) is 7.80. The molecule has 1 aromatic carbocycles. The number of hydrogen-bond donors (Lipinski definition) is 1. The lowest BCUT2D eigenvalue weighted by molar-refractivity contribution is 0.123. The van der Waals surface area contributed by atoms with E-state index in [-0.39, 0.29) is 0 Å². The highest BCUT2D eigenvalue weighted by atomic mass is 16.5. The largest absolute Gasteiger partial charge is 0.497 e. The number of ether oxygens (including phenoxy) is 3. The van der Waals surface area contributed by atoms with Crippen LogP contribution < -0.4 is 14.8 Å². The molecule has 0 saturated heterocycles. The molecule has 0 saturated carbocycles. The highest BCUT2D eigenvalue weighted by Crippen LogP contribution is 2.27. The predicted octanol–water partition coefficient (Wildman–Crippen LogP) is 2.53. The van der Waals surface area contributed by atoms with Gasteiger partial charge < -0.3 is 19.5 Å². The maximum absolute atomic E-state index is 5.52. The fourth-order valence-electron chi connectivity index (χ4n) is 2.27. The van der Waals surface area contributed by atoms with Crippen LogP contribution in [0, 0.1) is 0 Å². The molecule has 0 bridgehead atoms. The number of methoxy groups -OCH3 is 2. The van der Waals surface area contributed by atoms with Gasteiger partial charge in [-0.1, -0.05) is 6.07 Å². The lowest BCUT2D eigenvalue weighted by Crippen LogP contribution is -2.30. The lowest BCUT2D eigenvalue weighted by atomic mass is 10.1. The minimum Gasteiger partial charge on any atom is -0.497 e. The Balaban J connectivity index is 1.74. The lowest BCUT2D eigenvalue weighted by Gasteiger charge is -2.19. The molecular weight excluding hydrogens is 254 g/mol. The third-order valence-corrected chi connectivity index (χ3v) is 3.43. The van der Waals surface area contributed by atoms with Gasteiger partial charge in [-0.2, -0.15) is 0 Å². The van der Waals surface area contributed by atoms with E-state index in [9.17, 15) is 0 Å². The van der Waals surface area contributed by atoms with Crippen LogP contribution in [0.5, 0.6) is 11.5 Å². The Bertz CT molecular complexity index is 445. The Morgan fingerprint density at radius 3 is 2.80 bits per heavy atom. The molecule has 1 aromatic rings. The van der Waals surface area contributed by atoms with Gasteiger partial charge in [0.1, 0.15) is 6.10 Å². The Morgan fingerprint density at radius 1 is 1.25 bits per heavy atom. The predicted molar refractivity (Wildman–Crippen MR) is 79.4 cm³/mol. The summed E-state index contributed by atoms with van der Waals surface area (Å²) >= 11 is 0. The normalized spacial score (nSPS) is 17.6. The van der Waals surface area contributed by atoms with Gasteiger partial charge in [0.15, 0.2) is 11.5 Å². The second-order valence-corrected chi connectivity index (χ2v) is 4.85. The molecule has 4 heteroatoms. The standard InChI is InChI=1S/C16H23NO3/c1-18-15-7-6-13(11-16(15)19-2)8-9-17-12-14-5-3-4-10-20-14/h4,6-7,10-11,14,17H,3,5,8-9,12H2,1-2H3. The van der Waals surface area contributed by atoms with Gasteiger partial charge in [-0.15, -0.1) is 0 Å². The molecule has 1 aliphatic rings. The molecule has 1 aliphatic heterocycles. The van der Waals surface area contributed by atoms with Gasteiger partial charge in [-0.3, -0.25) is 0 Å². The van der Waals surface area contributed by atoms with Crippen molar-refractivity contribution >= 4 is 0 Å². The summed E-state index contributed by atoms with van der Waals surface area (Å²) in [6.45, 7) is 1.83. The SMILES string of the molecule is COc1ccc(CCNCC2CCC=CO2)cc1OC. The van der Waals surface area contributed by atoms with Crippen molar-refractivity contribution in [1.82, 2.24) is 5.32 Å². The molecule has 4 nitrogen and oxygen atoms in total. The van der Waals surface area contributed by atoms with Crippen molar-refractivity contribution in [3.05, 3.63) is 36.1 Å². The van der Waals surface area contributed by atoms with Gasteiger partial charge >= 0.3 is 0 Å². The van der Waals surface area contributed by atoms with Crippen molar-refractivity contribution in [3.8, 4) is 11.5 Å². The van der Waals surface area contributed by atoms with Crippen molar-refractivity contribution in [2.24, 2.45) is 0 Å². The summed E-state index contributed by atoms with van der Waals surface area (Å²) in [4.78, 5) is 0. The summed E-state index contributed by atoms with van der Waals surface area (Å²) in [5.41, 5.74) is 1.24. The minimum atomic E-state index is 0.311. The summed E-state index contributed by atoms with van der Waals surface area (Å²) in [6.07, 6.45) is 7.36. The van der Waals surface area contributed by atoms with Crippen LogP contribution in [0.4, 0.5) is 0 Å². The molecule has 1 unspecified atom stereocenters. The van der Waals surface area contributed by atoms with E-state index in [1.54, 1.807) is 14.2 Å². The van der Waals surface area contributed by atoms with Crippen LogP contribution in [0.15, 0.2) is 30.5 Å². The Morgan fingerprint density at radius 2 is 2.10 bits per heavy atom. The van der Waals surface area contributed by atoms with E-state index < -0.39 is 0 Å². The summed E-state index contributed by atoms with van der Waals surface area (Å²) < 4.78 is 16.1. The first-order chi connectivity index (χ1) is 9.83. The van der Waals surface area contributed by atoms with Crippen molar-refractivity contribution in [2.75, 3.05) is 27.3 Å². The molecule has 0 aliphatic carbocycles. The van der Waals surface area contributed by atoms with Gasteiger partial charge in [-0.25, -0.2) is 0 Å². The zero-order valence-corrected chi connectivity index (χ0v) is 12.2. The molecule has 0 radical (unpaired) electrons. The van der Waals surface area contributed by atoms with Gasteiger partial charge in [0.05, 0.1) is 20.5 Å². The molecule has 110 valence electrons. The molecule has 0 aromatic heterocycles. The number of allylic oxidation sites excluding steroid dienone is 1. The summed E-state index contributed by atoms with van der Waals surface area (Å²) in [5.74, 6) is 1.55. The van der Waals surface area contributed by atoms with E-state index in [4.69, 9.17) is 14.2 Å². The minimum absolute atomic E-state index is 0.311. The Labute approximate surface area is 120 Å². The summed E-state index contributed by atoms with van der Waals surface area (Å²) in [5, 5.41) is 3.44. The van der Waals surface area contributed by atoms with Gasteiger partial charge in [0, 0.05) is 6.54 Å². The fraction of sp³-hybridized carbons (Fsp3) is 0.500. The first-order valence-electron chi connectivity index (χ1n) is 7.05. The van der Waals surface area contributed by atoms with Crippen LogP contribution in [0.2, 0.25) is 0 Å². The van der Waals surface area contributed by atoms with Gasteiger partial charge in [-0.05, 0) is 49.6 Å². The quantitative estimate of drug-likeness (QED) is 0.777. The van der Waals surface area contributed by atoms with Crippen molar-refractivity contribution in [2.45, 2.75) is 25.4 Å². The zero-order valence-electron chi connectivity index (χ0n) is 12.2. The van der Waals surface area contributed by atoms with Crippen LogP contribution in [-0.2, 0) is 11.2 Å². The van der Waals surface area contributed by atoms with E-state index >= 15 is 0 Å². The highest BCUT2D eigenvalue weighted by molar-refractivity contribution is 5.42. The first kappa shape index (κ1) is 14.7. The molecule has 20 heavy (non-hydrogen) atoms. The van der Waals surface area contributed by atoms with Crippen LogP contribution in [0.1, 0.15) is 18.4 Å². The number of nitrogens with one attached hydrogen (secondary N) is 1. The molecule has 0 spiro atoms. The zero-order chi connectivity index (χ0) is 14.2. The number of rotatable bonds is 7. The maximum Gasteiger partial charge on any atom is 0.160 e. The van der Waals surface area contributed by atoms with Gasteiger partial charge in [0.25, 0.3) is 0 Å². The third kappa shape index (κ3) is 4.17. The number of hydrogen-bond acceptors (Lipinski definition) is 4. The van der Waals surface area contributed by atoms with E-state index in [2.05, 4.69) is 17.5 Å². The van der Waals surface area contributed by atoms with Crippen LogP contribution >= 0.6 is 0 Å². The fourth-order valence-corrected chi connectivity index (χ4v) is 2.27. The van der Waals surface area contributed by atoms with E-state index in [1.807, 2.05) is 18.4 Å². The average molecular weight is 277 g/mol. The van der Waals surface area contributed by atoms with Crippen molar-refractivity contribution < 1.29 is 14.2 Å². The Hall–Kier alpha value is -1.68. The van der Waals surface area contributed by atoms with Crippen LogP contribution in [0.25, 0.3) is 0 Å². The van der Waals surface area contributed by atoms with Crippen molar-refractivity contribution in [1.29, 1.82) is 0 Å². The topological polar surface area (TPSA) is 39.7 Å². The maximum atomic E-state index is 5.52. The summed E-state index contributed by atoms with van der Waals surface area (Å²) in [7, 11) is 3.31. The smallest absolute Gasteiger partial charge is 0.160 e. The molecule has 1 N–H and O–H groups in total. The van der Waals surface area contributed by atoms with Gasteiger partial charge in [0.2, 0.25) is 0 Å². The molecule has 0 amide bonds. The molecular formula is C16H23NO3. The molecule has 0 fully saturated rings. The van der Waals surface area contributed by atoms with Crippen molar-refractivity contribution in [3.63, 3.8) is 0 Å². The Kier molecular flexibility index (Phi) is 5.74. The monoisotopic (exact) mass is 277 g/mol. The second-order valence-electron chi connectivity index (χ2n) is 4.85. The molecule has 1 atom stereocenters. The highest BCUT2D eigenvalue weighted by Gasteiger charge is 2.10. The number of benzene rings is 1. The van der Waals surface area contributed by atoms with Crippen LogP contribution in [0.3, 0.4) is 0 Å².